The Morgan fingerprint density at radius 1 is 1.12 bits per heavy atom. The van der Waals surface area contributed by atoms with Crippen LogP contribution in [-0.2, 0) is 17.8 Å². The normalized spacial score (nSPS) is 11.2. The summed E-state index contributed by atoms with van der Waals surface area (Å²) >= 11 is 0.0593. The number of rotatable bonds is 7. The highest BCUT2D eigenvalue weighted by molar-refractivity contribution is 14.1. The highest BCUT2D eigenvalue weighted by Crippen LogP contribution is 2.26. The van der Waals surface area contributed by atoms with Crippen LogP contribution >= 0.6 is 22.6 Å². The lowest BCUT2D eigenvalue weighted by molar-refractivity contribution is 0.0992. The molecular weight excluding hydrogens is 548 g/mol. The number of hydrogen-bond donors (Lipinski definition) is 3. The first kappa shape index (κ1) is 23.7. The van der Waals surface area contributed by atoms with Crippen LogP contribution in [0.4, 0.5) is 21.5 Å². The Balaban J connectivity index is 1.73. The van der Waals surface area contributed by atoms with Crippen molar-refractivity contribution < 1.29 is 17.9 Å². The fourth-order valence-corrected chi connectivity index (χ4v) is 3.72. The molecule has 0 saturated carbocycles. The van der Waals surface area contributed by atoms with Gasteiger partial charge in [0, 0.05) is 14.9 Å². The molecule has 3 N–H and O–H groups in total. The van der Waals surface area contributed by atoms with Gasteiger partial charge in [-0.1, -0.05) is 12.1 Å². The molecule has 0 aliphatic heterocycles. The van der Waals surface area contributed by atoms with E-state index in [1.54, 1.807) is 24.3 Å². The Bertz CT molecular complexity index is 1230. The van der Waals surface area contributed by atoms with Crippen molar-refractivity contribution in [2.45, 2.75) is 13.5 Å². The van der Waals surface area contributed by atoms with Crippen LogP contribution < -0.4 is 15.0 Å². The van der Waals surface area contributed by atoms with E-state index in [-0.39, 0.29) is 12.1 Å². The minimum absolute atomic E-state index is 0.0364. The maximum absolute atomic E-state index is 13.8. The SMILES string of the molecule is Cc1cc(I)ccc1Nc1ccc(F)cc1C(=O)N=[N+]=NCc1ccc(NS(=O)O)cc1. The molecule has 32 heavy (non-hydrogen) atoms. The number of carbonyl (C=O) groups is 1. The number of aryl methyl sites for hydroxylation is 1. The number of halogens is 2. The predicted octanol–water partition coefficient (Wildman–Crippen LogP) is 5.34. The lowest BCUT2D eigenvalue weighted by Crippen LogP contribution is -2.03. The summed E-state index contributed by atoms with van der Waals surface area (Å²) in [6, 6.07) is 16.2. The molecule has 164 valence electrons. The topological polar surface area (TPSA) is 117 Å². The van der Waals surface area contributed by atoms with Gasteiger partial charge in [-0.25, -0.2) is 8.60 Å². The zero-order valence-corrected chi connectivity index (χ0v) is 19.7. The van der Waals surface area contributed by atoms with Gasteiger partial charge in [-0.3, -0.25) is 14.1 Å². The Morgan fingerprint density at radius 3 is 2.53 bits per heavy atom. The summed E-state index contributed by atoms with van der Waals surface area (Å²) in [5, 5.41) is 10.6. The fraction of sp³-hybridized carbons (Fsp3) is 0.0952. The summed E-state index contributed by atoms with van der Waals surface area (Å²) in [6.45, 7) is 2.08. The molecule has 0 bridgehead atoms. The fourth-order valence-electron chi connectivity index (χ4n) is 2.73. The molecular formula is C21H18FIN5O3S+. The van der Waals surface area contributed by atoms with Crippen molar-refractivity contribution in [1.29, 1.82) is 0 Å². The van der Waals surface area contributed by atoms with E-state index in [0.29, 0.717) is 11.4 Å². The molecule has 3 aromatic rings. The van der Waals surface area contributed by atoms with Crippen molar-refractivity contribution in [3.8, 4) is 0 Å². The first-order chi connectivity index (χ1) is 15.3. The maximum Gasteiger partial charge on any atom is 0.362 e. The van der Waals surface area contributed by atoms with Gasteiger partial charge in [0.05, 0.1) is 11.3 Å². The van der Waals surface area contributed by atoms with E-state index in [1.807, 2.05) is 25.1 Å². The van der Waals surface area contributed by atoms with Gasteiger partial charge in [0.25, 0.3) is 11.3 Å². The van der Waals surface area contributed by atoms with Gasteiger partial charge in [-0.15, -0.1) is 0 Å². The Kier molecular flexibility index (Phi) is 8.17. The second kappa shape index (κ2) is 11.0. The van der Waals surface area contributed by atoms with Crippen molar-refractivity contribution >= 4 is 56.8 Å². The van der Waals surface area contributed by atoms with E-state index >= 15 is 0 Å². The van der Waals surface area contributed by atoms with Gasteiger partial charge >= 0.3 is 5.91 Å². The van der Waals surface area contributed by atoms with E-state index in [2.05, 4.69) is 47.8 Å². The van der Waals surface area contributed by atoms with Crippen LogP contribution in [0.3, 0.4) is 0 Å². The predicted molar refractivity (Wildman–Crippen MR) is 129 cm³/mol. The summed E-state index contributed by atoms with van der Waals surface area (Å²) in [4.78, 5) is 16.1. The average Bonchev–Trinajstić information content (AvgIpc) is 2.75. The van der Waals surface area contributed by atoms with Gasteiger partial charge in [0.1, 0.15) is 17.5 Å². The number of nitrogens with zero attached hydrogens (tertiary/aromatic N) is 3. The van der Waals surface area contributed by atoms with Crippen molar-refractivity contribution in [2.75, 3.05) is 10.0 Å². The Hall–Kier alpha value is -2.99. The molecule has 0 aromatic heterocycles. The van der Waals surface area contributed by atoms with Crippen LogP contribution in [0, 0.1) is 16.3 Å². The van der Waals surface area contributed by atoms with E-state index in [1.165, 1.54) is 12.1 Å². The molecule has 3 aromatic carbocycles. The first-order valence-corrected chi connectivity index (χ1v) is 11.4. The third-order valence-corrected chi connectivity index (χ3v) is 5.36. The summed E-state index contributed by atoms with van der Waals surface area (Å²) in [7, 11) is 0. The molecule has 1 atom stereocenters. The largest absolute Gasteiger partial charge is 0.362 e. The van der Waals surface area contributed by atoms with Gasteiger partial charge in [0.2, 0.25) is 10.0 Å². The Labute approximate surface area is 199 Å². The highest BCUT2D eigenvalue weighted by atomic mass is 127. The van der Waals surface area contributed by atoms with Crippen molar-refractivity contribution in [3.05, 3.63) is 86.7 Å². The number of hydrogen-bond acceptors (Lipinski definition) is 4. The zero-order chi connectivity index (χ0) is 23.1. The molecule has 1 amide bonds. The average molecular weight is 566 g/mol. The Morgan fingerprint density at radius 2 is 1.84 bits per heavy atom. The molecule has 0 radical (unpaired) electrons. The quantitative estimate of drug-likeness (QED) is 0.155. The molecule has 8 nitrogen and oxygen atoms in total. The van der Waals surface area contributed by atoms with Crippen LogP contribution in [0.15, 0.2) is 70.9 Å². The molecule has 0 heterocycles. The number of anilines is 3. The number of carbonyl (C=O) groups excluding carboxylic acids is 1. The van der Waals surface area contributed by atoms with Crippen LogP contribution in [0.25, 0.3) is 0 Å². The summed E-state index contributed by atoms with van der Waals surface area (Å²) in [5.74, 6) is -1.30. The van der Waals surface area contributed by atoms with Crippen LogP contribution in [0.1, 0.15) is 21.5 Å². The van der Waals surface area contributed by atoms with E-state index < -0.39 is 23.0 Å². The van der Waals surface area contributed by atoms with Crippen LogP contribution in [-0.4, -0.2) is 14.7 Å². The molecule has 0 saturated heterocycles. The van der Waals surface area contributed by atoms with Crippen LogP contribution in [0.5, 0.6) is 0 Å². The van der Waals surface area contributed by atoms with Crippen LogP contribution in [0.2, 0.25) is 0 Å². The third kappa shape index (κ3) is 6.76. The lowest BCUT2D eigenvalue weighted by atomic mass is 10.1. The summed E-state index contributed by atoms with van der Waals surface area (Å²) < 4.78 is 36.7. The van der Waals surface area contributed by atoms with Crippen molar-refractivity contribution in [2.24, 2.45) is 10.2 Å². The third-order valence-electron chi connectivity index (χ3n) is 4.28. The summed E-state index contributed by atoms with van der Waals surface area (Å²) in [6.07, 6.45) is 0. The molecule has 0 spiro atoms. The molecule has 0 aliphatic rings. The number of nitrogens with one attached hydrogen (secondary N) is 2. The van der Waals surface area contributed by atoms with Gasteiger partial charge in [0.15, 0.2) is 0 Å². The molecule has 0 aliphatic carbocycles. The smallest absolute Gasteiger partial charge is 0.355 e. The zero-order valence-electron chi connectivity index (χ0n) is 16.8. The monoisotopic (exact) mass is 566 g/mol. The second-order valence-corrected chi connectivity index (χ2v) is 8.56. The molecule has 1 unspecified atom stereocenters. The number of benzene rings is 3. The van der Waals surface area contributed by atoms with E-state index in [4.69, 9.17) is 4.55 Å². The van der Waals surface area contributed by atoms with Crippen molar-refractivity contribution in [3.63, 3.8) is 0 Å². The summed E-state index contributed by atoms with van der Waals surface area (Å²) in [5.41, 5.74) is 3.44. The minimum Gasteiger partial charge on any atom is -0.355 e. The minimum atomic E-state index is -2.15. The first-order valence-electron chi connectivity index (χ1n) is 9.23. The van der Waals surface area contributed by atoms with Gasteiger partial charge in [-0.2, -0.15) is 0 Å². The second-order valence-electron chi connectivity index (χ2n) is 6.62. The molecule has 3 rings (SSSR count). The van der Waals surface area contributed by atoms with E-state index in [0.717, 1.165) is 26.5 Å². The molecule has 0 fully saturated rings. The highest BCUT2D eigenvalue weighted by Gasteiger charge is 2.17. The van der Waals surface area contributed by atoms with Gasteiger partial charge < -0.3 is 5.32 Å². The van der Waals surface area contributed by atoms with Gasteiger partial charge in [-0.05, 0) is 89.2 Å². The molecule has 11 heteroatoms. The van der Waals surface area contributed by atoms with Crippen molar-refractivity contribution in [1.82, 2.24) is 4.91 Å². The maximum atomic E-state index is 13.8. The number of amides is 1. The lowest BCUT2D eigenvalue weighted by Gasteiger charge is -2.12. The van der Waals surface area contributed by atoms with E-state index in [9.17, 15) is 13.4 Å². The standard InChI is InChI=1S/C21H17FIN5O3S/c1-13-10-16(23)5-9-19(13)25-20-8-4-15(22)11-18(20)21(29)26-28-24-12-14-2-6-17(7-3-14)27-32(30)31/h2-11,27H,12H2,1H3,(H-,25,29,30,31)/p+1.